The third-order valence-corrected chi connectivity index (χ3v) is 4.24. The van der Waals surface area contributed by atoms with Gasteiger partial charge in [0.05, 0.1) is 17.6 Å². The van der Waals surface area contributed by atoms with E-state index in [4.69, 9.17) is 0 Å². The molecule has 1 heterocycles. The monoisotopic (exact) mass is 339 g/mol. The second kappa shape index (κ2) is 7.47. The number of imidazole rings is 1. The van der Waals surface area contributed by atoms with Crippen LogP contribution in [0, 0.1) is 5.82 Å². The minimum atomic E-state index is -0.278. The molecule has 0 aliphatic carbocycles. The molecule has 0 atom stereocenters. The Hall–Kier alpha value is -2.69. The minimum absolute atomic E-state index is 0.0108. The van der Waals surface area contributed by atoms with Gasteiger partial charge in [-0.2, -0.15) is 0 Å². The fraction of sp³-hybridized carbons (Fsp3) is 0.300. The summed E-state index contributed by atoms with van der Waals surface area (Å²) in [6.07, 6.45) is 0.861. The molecule has 130 valence electrons. The molecule has 3 rings (SSSR count). The van der Waals surface area contributed by atoms with Crippen molar-refractivity contribution in [3.05, 3.63) is 65.7 Å². The second-order valence-corrected chi connectivity index (χ2v) is 6.00. The van der Waals surface area contributed by atoms with E-state index in [9.17, 15) is 9.18 Å². The van der Waals surface area contributed by atoms with Crippen LogP contribution >= 0.6 is 0 Å². The van der Waals surface area contributed by atoms with Crippen LogP contribution in [-0.2, 0) is 13.1 Å². The molecule has 0 aliphatic heterocycles. The lowest BCUT2D eigenvalue weighted by molar-refractivity contribution is 0.0737. The van der Waals surface area contributed by atoms with Crippen LogP contribution in [-0.4, -0.2) is 26.9 Å². The maximum absolute atomic E-state index is 13.6. The Bertz CT molecular complexity index is 873. The molecule has 0 N–H and O–H groups in total. The standard InChI is InChI=1S/C20H22FN3O/c1-3-12-23(20(25)15-8-6-5-7-9-15)14-19-22-17-11-10-16(21)13-18(17)24(19)4-2/h5-11,13H,3-4,12,14H2,1-2H3. The lowest BCUT2D eigenvalue weighted by Gasteiger charge is -2.22. The van der Waals surface area contributed by atoms with E-state index in [0.29, 0.717) is 25.2 Å². The van der Waals surface area contributed by atoms with Crippen LogP contribution in [0.5, 0.6) is 0 Å². The third-order valence-electron chi connectivity index (χ3n) is 4.24. The molecule has 4 nitrogen and oxygen atoms in total. The summed E-state index contributed by atoms with van der Waals surface area (Å²) in [5.74, 6) is 0.489. The van der Waals surface area contributed by atoms with Crippen molar-refractivity contribution in [2.45, 2.75) is 33.4 Å². The highest BCUT2D eigenvalue weighted by atomic mass is 19.1. The number of benzene rings is 2. The summed E-state index contributed by atoms with van der Waals surface area (Å²) >= 11 is 0. The highest BCUT2D eigenvalue weighted by Gasteiger charge is 2.19. The van der Waals surface area contributed by atoms with Crippen molar-refractivity contribution in [3.8, 4) is 0 Å². The van der Waals surface area contributed by atoms with Crippen molar-refractivity contribution >= 4 is 16.9 Å². The van der Waals surface area contributed by atoms with Gasteiger partial charge in [0.2, 0.25) is 0 Å². The van der Waals surface area contributed by atoms with Gasteiger partial charge < -0.3 is 9.47 Å². The van der Waals surface area contributed by atoms with Crippen molar-refractivity contribution in [1.82, 2.24) is 14.5 Å². The van der Waals surface area contributed by atoms with Gasteiger partial charge in [0, 0.05) is 18.7 Å². The Kier molecular flexibility index (Phi) is 5.12. The maximum atomic E-state index is 13.6. The second-order valence-electron chi connectivity index (χ2n) is 6.00. The summed E-state index contributed by atoms with van der Waals surface area (Å²) in [6.45, 7) is 5.78. The molecule has 0 aliphatic rings. The predicted octanol–water partition coefficient (Wildman–Crippen LogP) is 4.25. The van der Waals surface area contributed by atoms with Crippen molar-refractivity contribution in [1.29, 1.82) is 0 Å². The van der Waals surface area contributed by atoms with Gasteiger partial charge in [-0.05, 0) is 43.7 Å². The molecule has 0 saturated carbocycles. The Morgan fingerprint density at radius 2 is 1.92 bits per heavy atom. The van der Waals surface area contributed by atoms with Gasteiger partial charge in [-0.1, -0.05) is 25.1 Å². The fourth-order valence-corrected chi connectivity index (χ4v) is 3.08. The Labute approximate surface area is 146 Å². The number of carbonyl (C=O) groups is 1. The number of nitrogens with zero attached hydrogens (tertiary/aromatic N) is 3. The number of amides is 1. The molecule has 1 amide bonds. The number of aryl methyl sites for hydroxylation is 1. The van der Waals surface area contributed by atoms with Gasteiger partial charge in [-0.15, -0.1) is 0 Å². The zero-order valence-electron chi connectivity index (χ0n) is 14.6. The van der Waals surface area contributed by atoms with Gasteiger partial charge in [-0.3, -0.25) is 4.79 Å². The molecule has 0 radical (unpaired) electrons. The highest BCUT2D eigenvalue weighted by Crippen LogP contribution is 2.19. The van der Waals surface area contributed by atoms with Gasteiger partial charge in [-0.25, -0.2) is 9.37 Å². The summed E-state index contributed by atoms with van der Waals surface area (Å²) in [5, 5.41) is 0. The average Bonchev–Trinajstić information content (AvgIpc) is 2.97. The van der Waals surface area contributed by atoms with Crippen molar-refractivity contribution < 1.29 is 9.18 Å². The predicted molar refractivity (Wildman–Crippen MR) is 96.8 cm³/mol. The number of hydrogen-bond acceptors (Lipinski definition) is 2. The van der Waals surface area contributed by atoms with E-state index >= 15 is 0 Å². The van der Waals surface area contributed by atoms with Crippen LogP contribution in [0.2, 0.25) is 0 Å². The Balaban J connectivity index is 1.95. The zero-order valence-corrected chi connectivity index (χ0v) is 14.6. The molecular formula is C20H22FN3O. The molecule has 0 spiro atoms. The summed E-state index contributed by atoms with van der Waals surface area (Å²) in [7, 11) is 0. The number of halogens is 1. The van der Waals surface area contributed by atoms with Crippen LogP contribution in [0.25, 0.3) is 11.0 Å². The SMILES string of the molecule is CCCN(Cc1nc2ccc(F)cc2n1CC)C(=O)c1ccccc1. The Morgan fingerprint density at radius 3 is 2.60 bits per heavy atom. The highest BCUT2D eigenvalue weighted by molar-refractivity contribution is 5.94. The van der Waals surface area contributed by atoms with E-state index < -0.39 is 0 Å². The summed E-state index contributed by atoms with van der Waals surface area (Å²) in [6, 6.07) is 13.9. The number of fused-ring (bicyclic) bond motifs is 1. The Morgan fingerprint density at radius 1 is 1.16 bits per heavy atom. The van der Waals surface area contributed by atoms with E-state index in [1.54, 1.807) is 11.0 Å². The van der Waals surface area contributed by atoms with Gasteiger partial charge >= 0.3 is 0 Å². The normalized spacial score (nSPS) is 11.0. The van der Waals surface area contributed by atoms with Crippen LogP contribution in [0.15, 0.2) is 48.5 Å². The fourth-order valence-electron chi connectivity index (χ4n) is 3.08. The number of aromatic nitrogens is 2. The lowest BCUT2D eigenvalue weighted by atomic mass is 10.2. The van der Waals surface area contributed by atoms with Crippen molar-refractivity contribution in [2.24, 2.45) is 0 Å². The van der Waals surface area contributed by atoms with E-state index in [1.807, 2.05) is 48.7 Å². The minimum Gasteiger partial charge on any atom is -0.331 e. The molecule has 0 unspecified atom stereocenters. The average molecular weight is 339 g/mol. The largest absolute Gasteiger partial charge is 0.331 e. The van der Waals surface area contributed by atoms with E-state index in [-0.39, 0.29) is 11.7 Å². The first-order valence-electron chi connectivity index (χ1n) is 8.63. The molecule has 0 bridgehead atoms. The summed E-state index contributed by atoms with van der Waals surface area (Å²) < 4.78 is 15.6. The first-order valence-corrected chi connectivity index (χ1v) is 8.63. The topological polar surface area (TPSA) is 38.1 Å². The van der Waals surface area contributed by atoms with Crippen molar-refractivity contribution in [3.63, 3.8) is 0 Å². The smallest absolute Gasteiger partial charge is 0.254 e. The van der Waals surface area contributed by atoms with Crippen LogP contribution in [0.4, 0.5) is 4.39 Å². The third kappa shape index (κ3) is 3.55. The number of carbonyl (C=O) groups excluding carboxylic acids is 1. The molecule has 0 fully saturated rings. The van der Waals surface area contributed by atoms with E-state index in [1.165, 1.54) is 12.1 Å². The molecule has 25 heavy (non-hydrogen) atoms. The maximum Gasteiger partial charge on any atom is 0.254 e. The lowest BCUT2D eigenvalue weighted by Crippen LogP contribution is -2.32. The first-order chi connectivity index (χ1) is 12.1. The van der Waals surface area contributed by atoms with Crippen LogP contribution in [0.3, 0.4) is 0 Å². The molecule has 3 aromatic rings. The first kappa shape index (κ1) is 17.1. The summed E-state index contributed by atoms with van der Waals surface area (Å²) in [4.78, 5) is 19.3. The van der Waals surface area contributed by atoms with Crippen LogP contribution in [0.1, 0.15) is 36.5 Å². The zero-order chi connectivity index (χ0) is 17.8. The van der Waals surface area contributed by atoms with Crippen molar-refractivity contribution in [2.75, 3.05) is 6.54 Å². The van der Waals surface area contributed by atoms with Gasteiger partial charge in [0.25, 0.3) is 5.91 Å². The number of rotatable bonds is 6. The van der Waals surface area contributed by atoms with Gasteiger partial charge in [0.15, 0.2) is 0 Å². The number of hydrogen-bond donors (Lipinski definition) is 0. The molecule has 2 aromatic carbocycles. The molecule has 5 heteroatoms. The van der Waals surface area contributed by atoms with Gasteiger partial charge in [0.1, 0.15) is 11.6 Å². The molecular weight excluding hydrogens is 317 g/mol. The van der Waals surface area contributed by atoms with E-state index in [2.05, 4.69) is 4.98 Å². The quantitative estimate of drug-likeness (QED) is 0.673. The van der Waals surface area contributed by atoms with E-state index in [0.717, 1.165) is 23.3 Å². The molecule has 0 saturated heterocycles. The van der Waals surface area contributed by atoms with Crippen LogP contribution < -0.4 is 0 Å². The summed E-state index contributed by atoms with van der Waals surface area (Å²) in [5.41, 5.74) is 2.18. The molecule has 1 aromatic heterocycles.